The Morgan fingerprint density at radius 1 is 1.11 bits per heavy atom. The molecule has 0 amide bonds. The third kappa shape index (κ3) is 2.95. The molecule has 0 aliphatic rings. The summed E-state index contributed by atoms with van der Waals surface area (Å²) < 4.78 is 0. The minimum atomic E-state index is 0. The van der Waals surface area contributed by atoms with Crippen LogP contribution in [0.5, 0.6) is 0 Å². The number of hydrogen-bond donors (Lipinski definition) is 0. The van der Waals surface area contributed by atoms with Crippen LogP contribution in [0.25, 0.3) is 0 Å². The summed E-state index contributed by atoms with van der Waals surface area (Å²) in [5.41, 5.74) is 1.41. The second-order valence-corrected chi connectivity index (χ2v) is 1.84. The molecule has 0 unspecified atom stereocenters. The van der Waals surface area contributed by atoms with Crippen molar-refractivity contribution in [3.63, 3.8) is 0 Å². The van der Waals surface area contributed by atoms with Crippen LogP contribution >= 0.6 is 0 Å². The summed E-state index contributed by atoms with van der Waals surface area (Å²) in [7, 11) is 0. The maximum absolute atomic E-state index is 2.16. The number of hydrogen-bond acceptors (Lipinski definition) is 0. The summed E-state index contributed by atoms with van der Waals surface area (Å²) >= 11 is 0. The number of rotatable bonds is 1. The van der Waals surface area contributed by atoms with Crippen LogP contribution in [0.1, 0.15) is 12.5 Å². The molecule has 0 aliphatic heterocycles. The van der Waals surface area contributed by atoms with Crippen molar-refractivity contribution in [2.24, 2.45) is 0 Å². The van der Waals surface area contributed by atoms with E-state index in [0.717, 1.165) is 6.42 Å². The fraction of sp³-hybridized carbons (Fsp3) is 0.250. The minimum absolute atomic E-state index is 0. The second-order valence-electron chi connectivity index (χ2n) is 1.84. The first-order valence-electron chi connectivity index (χ1n) is 2.97. The summed E-state index contributed by atoms with van der Waals surface area (Å²) in [6, 6.07) is 10.5. The van der Waals surface area contributed by atoms with Crippen LogP contribution in [0.2, 0.25) is 0 Å². The van der Waals surface area contributed by atoms with Crippen molar-refractivity contribution in [2.45, 2.75) is 13.3 Å². The van der Waals surface area contributed by atoms with Crippen molar-refractivity contribution in [1.82, 2.24) is 0 Å². The SMILES string of the molecule is CCc1ccccc1.[InH3]. The summed E-state index contributed by atoms with van der Waals surface area (Å²) in [5.74, 6) is 0. The Morgan fingerprint density at radius 3 is 2.00 bits per heavy atom. The topological polar surface area (TPSA) is 0 Å². The fourth-order valence-electron chi connectivity index (χ4n) is 0.714. The standard InChI is InChI=1S/C8H10.In.3H/c1-2-8-6-4-3-5-7-8;;;;/h3-7H,2H2,1H3;;;;. The van der Waals surface area contributed by atoms with Gasteiger partial charge in [-0.25, -0.2) is 0 Å². The molecule has 1 aromatic carbocycles. The molecule has 0 radical (unpaired) electrons. The van der Waals surface area contributed by atoms with E-state index < -0.39 is 0 Å². The van der Waals surface area contributed by atoms with Crippen molar-refractivity contribution in [3.8, 4) is 0 Å². The van der Waals surface area contributed by atoms with E-state index in [4.69, 9.17) is 0 Å². The average Bonchev–Trinajstić information content (AvgIpc) is 1.90. The van der Waals surface area contributed by atoms with E-state index in [-0.39, 0.29) is 25.8 Å². The van der Waals surface area contributed by atoms with Gasteiger partial charge in [0.1, 0.15) is 0 Å². The number of aryl methyl sites for hydroxylation is 1. The molecule has 0 aromatic heterocycles. The molecule has 0 saturated carbocycles. The molecule has 1 rings (SSSR count). The van der Waals surface area contributed by atoms with Crippen LogP contribution < -0.4 is 0 Å². The first kappa shape index (κ1) is 9.09. The summed E-state index contributed by atoms with van der Waals surface area (Å²) in [6.45, 7) is 2.16. The van der Waals surface area contributed by atoms with E-state index in [1.54, 1.807) is 0 Å². The van der Waals surface area contributed by atoms with Gasteiger partial charge in [-0.15, -0.1) is 0 Å². The number of benzene rings is 1. The van der Waals surface area contributed by atoms with E-state index in [1.165, 1.54) is 5.56 Å². The van der Waals surface area contributed by atoms with Gasteiger partial charge in [-0.3, -0.25) is 0 Å². The van der Waals surface area contributed by atoms with E-state index in [1.807, 2.05) is 6.07 Å². The summed E-state index contributed by atoms with van der Waals surface area (Å²) in [4.78, 5) is 0. The first-order chi connectivity index (χ1) is 3.93. The van der Waals surface area contributed by atoms with Crippen LogP contribution in [0.4, 0.5) is 0 Å². The zero-order valence-corrected chi connectivity index (χ0v) is 5.09. The van der Waals surface area contributed by atoms with Crippen LogP contribution in [-0.2, 0) is 6.42 Å². The average molecular weight is 224 g/mol. The van der Waals surface area contributed by atoms with Crippen molar-refractivity contribution in [3.05, 3.63) is 35.9 Å². The molecule has 1 aromatic rings. The van der Waals surface area contributed by atoms with E-state index >= 15 is 0 Å². The Kier molecular flexibility index (Phi) is 4.97. The van der Waals surface area contributed by atoms with Gasteiger partial charge in [-0.05, 0) is 12.0 Å². The van der Waals surface area contributed by atoms with Gasteiger partial charge in [0.05, 0.1) is 0 Å². The van der Waals surface area contributed by atoms with Gasteiger partial charge in [-0.2, -0.15) is 0 Å². The second kappa shape index (κ2) is 4.92. The van der Waals surface area contributed by atoms with Gasteiger partial charge in [0, 0.05) is 0 Å². The third-order valence-electron chi connectivity index (χ3n) is 1.25. The molecule has 0 spiro atoms. The van der Waals surface area contributed by atoms with Crippen LogP contribution in [-0.4, -0.2) is 25.8 Å². The Bertz CT molecular complexity index is 146. The van der Waals surface area contributed by atoms with Gasteiger partial charge in [0.2, 0.25) is 0 Å². The zero-order chi connectivity index (χ0) is 5.82. The van der Waals surface area contributed by atoms with Crippen molar-refractivity contribution in [2.75, 3.05) is 0 Å². The van der Waals surface area contributed by atoms with E-state index in [0.29, 0.717) is 0 Å². The molecule has 1 heteroatoms. The summed E-state index contributed by atoms with van der Waals surface area (Å²) in [5, 5.41) is 0. The van der Waals surface area contributed by atoms with E-state index in [9.17, 15) is 0 Å². The molecule has 48 valence electrons. The van der Waals surface area contributed by atoms with Gasteiger partial charge in [0.25, 0.3) is 0 Å². The molecule has 0 bridgehead atoms. The molecule has 0 heterocycles. The van der Waals surface area contributed by atoms with Crippen molar-refractivity contribution < 1.29 is 0 Å². The molecular weight excluding hydrogens is 211 g/mol. The van der Waals surface area contributed by atoms with Crippen LogP contribution in [0, 0.1) is 0 Å². The van der Waals surface area contributed by atoms with Crippen molar-refractivity contribution in [1.29, 1.82) is 0 Å². The van der Waals surface area contributed by atoms with Gasteiger partial charge in [-0.1, -0.05) is 37.3 Å². The monoisotopic (exact) mass is 224 g/mol. The maximum atomic E-state index is 2.16. The third-order valence-corrected chi connectivity index (χ3v) is 1.25. The fourth-order valence-corrected chi connectivity index (χ4v) is 0.714. The van der Waals surface area contributed by atoms with Gasteiger partial charge < -0.3 is 0 Å². The van der Waals surface area contributed by atoms with Gasteiger partial charge in [0.15, 0.2) is 0 Å². The van der Waals surface area contributed by atoms with Gasteiger partial charge >= 0.3 is 25.8 Å². The summed E-state index contributed by atoms with van der Waals surface area (Å²) in [6.07, 6.45) is 1.14. The Labute approximate surface area is 75.1 Å². The molecule has 0 saturated heterocycles. The molecular formula is C8H13In. The molecule has 0 aliphatic carbocycles. The molecule has 0 fully saturated rings. The predicted octanol–water partition coefficient (Wildman–Crippen LogP) is 1.07. The van der Waals surface area contributed by atoms with Crippen molar-refractivity contribution >= 4 is 25.8 Å². The normalized spacial score (nSPS) is 8.11. The van der Waals surface area contributed by atoms with Crippen LogP contribution in [0.15, 0.2) is 30.3 Å². The molecule has 0 N–H and O–H groups in total. The first-order valence-corrected chi connectivity index (χ1v) is 2.97. The Hall–Kier alpha value is 0.0901. The quantitative estimate of drug-likeness (QED) is 0.669. The van der Waals surface area contributed by atoms with Crippen LogP contribution in [0.3, 0.4) is 0 Å². The Balaban J connectivity index is 0.000000640. The Morgan fingerprint density at radius 2 is 1.67 bits per heavy atom. The van der Waals surface area contributed by atoms with E-state index in [2.05, 4.69) is 31.2 Å². The molecule has 9 heavy (non-hydrogen) atoms. The predicted molar refractivity (Wildman–Crippen MR) is 45.8 cm³/mol. The zero-order valence-electron chi connectivity index (χ0n) is 5.09. The molecule has 0 nitrogen and oxygen atoms in total. The molecule has 0 atom stereocenters.